The van der Waals surface area contributed by atoms with Crippen molar-refractivity contribution >= 4 is 0 Å². The summed E-state index contributed by atoms with van der Waals surface area (Å²) in [6.45, 7) is 4.08. The molecule has 94 valence electrons. The van der Waals surface area contributed by atoms with Crippen LogP contribution in [0.1, 0.15) is 50.9 Å². The van der Waals surface area contributed by atoms with E-state index in [1.807, 2.05) is 6.92 Å². The van der Waals surface area contributed by atoms with E-state index < -0.39 is 0 Å². The highest BCUT2D eigenvalue weighted by molar-refractivity contribution is 4.93. The monoisotopic (exact) mass is 237 g/mol. The summed E-state index contributed by atoms with van der Waals surface area (Å²) in [6.07, 6.45) is 2.93. The van der Waals surface area contributed by atoms with Crippen molar-refractivity contribution in [2.45, 2.75) is 45.6 Å². The maximum Gasteiger partial charge on any atom is 0.227 e. The van der Waals surface area contributed by atoms with Gasteiger partial charge in [-0.15, -0.1) is 0 Å². The summed E-state index contributed by atoms with van der Waals surface area (Å²) < 4.78 is 10.5. The molecule has 0 aromatic carbocycles. The number of rotatable bonds is 7. The minimum atomic E-state index is -0.0937. The highest BCUT2D eigenvalue weighted by Gasteiger charge is 2.17. The molecule has 0 amide bonds. The first kappa shape index (κ1) is 13.7. The zero-order valence-corrected chi connectivity index (χ0v) is 10.6. The molecule has 5 heteroatoms. The minimum Gasteiger partial charge on any atom is -0.373 e. The van der Waals surface area contributed by atoms with Crippen LogP contribution in [0.5, 0.6) is 0 Å². The highest BCUT2D eigenvalue weighted by Crippen LogP contribution is 2.20. The van der Waals surface area contributed by atoms with Crippen LogP contribution in [0.3, 0.4) is 0 Å². The van der Waals surface area contributed by atoms with Gasteiger partial charge < -0.3 is 9.26 Å². The molecule has 1 rings (SSSR count). The van der Waals surface area contributed by atoms with Gasteiger partial charge in [0.15, 0.2) is 0 Å². The van der Waals surface area contributed by atoms with E-state index in [0.717, 1.165) is 12.8 Å². The summed E-state index contributed by atoms with van der Waals surface area (Å²) in [5.74, 6) is 1.43. The molecule has 0 aliphatic heterocycles. The summed E-state index contributed by atoms with van der Waals surface area (Å²) in [6, 6.07) is 2.13. The fourth-order valence-electron chi connectivity index (χ4n) is 1.62. The average molecular weight is 237 g/mol. The number of ether oxygens (including phenoxy) is 1. The Morgan fingerprint density at radius 2 is 2.29 bits per heavy atom. The first-order valence-corrected chi connectivity index (χ1v) is 5.93. The van der Waals surface area contributed by atoms with Crippen LogP contribution < -0.4 is 0 Å². The van der Waals surface area contributed by atoms with Crippen molar-refractivity contribution in [3.8, 4) is 6.07 Å². The van der Waals surface area contributed by atoms with E-state index in [4.69, 9.17) is 14.5 Å². The lowest BCUT2D eigenvalue weighted by atomic mass is 10.1. The molecule has 0 bridgehead atoms. The molecule has 0 saturated heterocycles. The molecule has 1 heterocycles. The van der Waals surface area contributed by atoms with Crippen molar-refractivity contribution < 1.29 is 9.26 Å². The second kappa shape index (κ2) is 7.02. The summed E-state index contributed by atoms with van der Waals surface area (Å²) >= 11 is 0. The quantitative estimate of drug-likeness (QED) is 0.729. The van der Waals surface area contributed by atoms with Crippen molar-refractivity contribution in [3.05, 3.63) is 11.7 Å². The first-order valence-electron chi connectivity index (χ1n) is 5.93. The molecule has 0 aliphatic carbocycles. The van der Waals surface area contributed by atoms with Gasteiger partial charge in [0.1, 0.15) is 6.10 Å². The van der Waals surface area contributed by atoms with Gasteiger partial charge >= 0.3 is 0 Å². The van der Waals surface area contributed by atoms with Gasteiger partial charge in [-0.2, -0.15) is 10.2 Å². The van der Waals surface area contributed by atoms with Gasteiger partial charge in [0.25, 0.3) is 0 Å². The van der Waals surface area contributed by atoms with E-state index in [9.17, 15) is 0 Å². The van der Waals surface area contributed by atoms with Crippen LogP contribution in [0, 0.1) is 17.2 Å². The van der Waals surface area contributed by atoms with Crippen molar-refractivity contribution in [1.82, 2.24) is 10.1 Å². The molecule has 1 aromatic heterocycles. The Morgan fingerprint density at radius 1 is 1.53 bits per heavy atom. The van der Waals surface area contributed by atoms with Crippen LogP contribution in [-0.2, 0) is 11.2 Å². The second-order valence-corrected chi connectivity index (χ2v) is 4.23. The van der Waals surface area contributed by atoms with Crippen molar-refractivity contribution in [2.24, 2.45) is 5.92 Å². The topological polar surface area (TPSA) is 71.9 Å². The van der Waals surface area contributed by atoms with Crippen LogP contribution in [0.2, 0.25) is 0 Å². The third-order valence-electron chi connectivity index (χ3n) is 2.57. The van der Waals surface area contributed by atoms with Gasteiger partial charge in [-0.05, 0) is 12.3 Å². The maximum absolute atomic E-state index is 8.58. The SMILES string of the molecule is CCCC(OC)c1noc(CC(C)CC#N)n1. The average Bonchev–Trinajstić information content (AvgIpc) is 2.74. The molecule has 0 radical (unpaired) electrons. The molecule has 1 aromatic rings. The van der Waals surface area contributed by atoms with Gasteiger partial charge in [-0.3, -0.25) is 0 Å². The Balaban J connectivity index is 2.61. The standard InChI is InChI=1S/C12H19N3O2/c1-4-5-10(16-3)12-14-11(17-15-12)8-9(2)6-7-13/h9-10H,4-6,8H2,1-3H3. The van der Waals surface area contributed by atoms with Crippen LogP contribution in [0.25, 0.3) is 0 Å². The van der Waals surface area contributed by atoms with E-state index in [2.05, 4.69) is 23.1 Å². The van der Waals surface area contributed by atoms with Gasteiger partial charge in [0, 0.05) is 20.0 Å². The largest absolute Gasteiger partial charge is 0.373 e. The van der Waals surface area contributed by atoms with Gasteiger partial charge in [0.05, 0.1) is 6.07 Å². The zero-order valence-electron chi connectivity index (χ0n) is 10.6. The van der Waals surface area contributed by atoms with Crippen molar-refractivity contribution in [3.63, 3.8) is 0 Å². The lowest BCUT2D eigenvalue weighted by Gasteiger charge is -2.08. The van der Waals surface area contributed by atoms with Crippen LogP contribution in [0.15, 0.2) is 4.52 Å². The molecule has 2 atom stereocenters. The molecule has 0 fully saturated rings. The third kappa shape index (κ3) is 4.16. The Hall–Kier alpha value is -1.41. The van der Waals surface area contributed by atoms with E-state index >= 15 is 0 Å². The number of nitriles is 1. The highest BCUT2D eigenvalue weighted by atomic mass is 16.5. The molecule has 2 unspecified atom stereocenters. The number of nitrogens with zero attached hydrogens (tertiary/aromatic N) is 3. The first-order chi connectivity index (χ1) is 8.21. The van der Waals surface area contributed by atoms with E-state index in [-0.39, 0.29) is 12.0 Å². The Labute approximate surface area is 102 Å². The predicted molar refractivity (Wildman–Crippen MR) is 62.1 cm³/mol. The zero-order chi connectivity index (χ0) is 12.7. The van der Waals surface area contributed by atoms with Gasteiger partial charge in [0.2, 0.25) is 11.7 Å². The minimum absolute atomic E-state index is 0.0937. The molecule has 0 aliphatic rings. The smallest absolute Gasteiger partial charge is 0.227 e. The molecular formula is C12H19N3O2. The molecular weight excluding hydrogens is 218 g/mol. The lowest BCUT2D eigenvalue weighted by molar-refractivity contribution is 0.0854. The van der Waals surface area contributed by atoms with Crippen molar-refractivity contribution in [1.29, 1.82) is 5.26 Å². The molecule has 0 N–H and O–H groups in total. The van der Waals surface area contributed by atoms with Crippen LogP contribution >= 0.6 is 0 Å². The van der Waals surface area contributed by atoms with Gasteiger partial charge in [-0.25, -0.2) is 0 Å². The van der Waals surface area contributed by atoms with Crippen LogP contribution in [-0.4, -0.2) is 17.3 Å². The number of hydrogen-bond acceptors (Lipinski definition) is 5. The fourth-order valence-corrected chi connectivity index (χ4v) is 1.62. The molecule has 17 heavy (non-hydrogen) atoms. The van der Waals surface area contributed by atoms with E-state index in [0.29, 0.717) is 24.6 Å². The van der Waals surface area contributed by atoms with Gasteiger partial charge in [-0.1, -0.05) is 25.4 Å². The predicted octanol–water partition coefficient (Wildman–Crippen LogP) is 2.65. The van der Waals surface area contributed by atoms with E-state index in [1.165, 1.54) is 0 Å². The Morgan fingerprint density at radius 3 is 2.88 bits per heavy atom. The normalized spacial score (nSPS) is 14.2. The summed E-state index contributed by atoms with van der Waals surface area (Å²) in [5, 5.41) is 12.5. The Kier molecular flexibility index (Phi) is 5.64. The number of methoxy groups -OCH3 is 1. The fraction of sp³-hybridized carbons (Fsp3) is 0.750. The van der Waals surface area contributed by atoms with E-state index in [1.54, 1.807) is 7.11 Å². The molecule has 0 saturated carbocycles. The summed E-state index contributed by atoms with van der Waals surface area (Å²) in [7, 11) is 1.65. The second-order valence-electron chi connectivity index (χ2n) is 4.23. The summed E-state index contributed by atoms with van der Waals surface area (Å²) in [5.41, 5.74) is 0. The lowest BCUT2D eigenvalue weighted by Crippen LogP contribution is -2.04. The Bertz CT molecular complexity index is 370. The summed E-state index contributed by atoms with van der Waals surface area (Å²) in [4.78, 5) is 4.31. The third-order valence-corrected chi connectivity index (χ3v) is 2.57. The molecule has 0 spiro atoms. The van der Waals surface area contributed by atoms with Crippen LogP contribution in [0.4, 0.5) is 0 Å². The number of hydrogen-bond donors (Lipinski definition) is 0. The maximum atomic E-state index is 8.58. The number of aromatic nitrogens is 2. The molecule has 5 nitrogen and oxygen atoms in total. The van der Waals surface area contributed by atoms with Crippen molar-refractivity contribution in [2.75, 3.05) is 7.11 Å².